The van der Waals surface area contributed by atoms with E-state index in [2.05, 4.69) is 15.9 Å². The van der Waals surface area contributed by atoms with Crippen LogP contribution in [0.2, 0.25) is 0 Å². The Labute approximate surface area is 105 Å². The molecule has 0 unspecified atom stereocenters. The second kappa shape index (κ2) is 5.25. The lowest BCUT2D eigenvalue weighted by Crippen LogP contribution is -2.28. The van der Waals surface area contributed by atoms with Crippen LogP contribution in [0.5, 0.6) is 5.75 Å². The number of alkyl halides is 3. The minimum Gasteiger partial charge on any atom is -0.507 e. The summed E-state index contributed by atoms with van der Waals surface area (Å²) in [6.07, 6.45) is -4.56. The van der Waals surface area contributed by atoms with Gasteiger partial charge >= 0.3 is 6.18 Å². The van der Waals surface area contributed by atoms with Crippen LogP contribution < -0.4 is 5.73 Å². The Balaban J connectivity index is 0.00000225. The number of aryl methyl sites for hydroxylation is 1. The fourth-order valence-corrected chi connectivity index (χ4v) is 1.76. The number of rotatable bonds is 1. The van der Waals surface area contributed by atoms with E-state index in [4.69, 9.17) is 5.73 Å². The molecule has 0 saturated heterocycles. The molecule has 0 aromatic heterocycles. The minimum absolute atomic E-state index is 0. The third-order valence-corrected chi connectivity index (χ3v) is 2.44. The predicted molar refractivity (Wildman–Crippen MR) is 60.8 cm³/mol. The van der Waals surface area contributed by atoms with Gasteiger partial charge in [0.1, 0.15) is 11.8 Å². The lowest BCUT2D eigenvalue weighted by Gasteiger charge is -2.18. The average molecular weight is 321 g/mol. The molecule has 7 heteroatoms. The molecule has 92 valence electrons. The van der Waals surface area contributed by atoms with Crippen molar-refractivity contribution in [1.82, 2.24) is 0 Å². The molecule has 0 aliphatic rings. The zero-order valence-corrected chi connectivity index (χ0v) is 10.6. The zero-order valence-electron chi connectivity index (χ0n) is 8.18. The molecule has 0 aliphatic heterocycles. The molecular weight excluding hydrogens is 310 g/mol. The Bertz CT molecular complexity index is 384. The highest BCUT2D eigenvalue weighted by Crippen LogP contribution is 2.37. The summed E-state index contributed by atoms with van der Waals surface area (Å²) < 4.78 is 37.4. The van der Waals surface area contributed by atoms with Crippen LogP contribution in [0.4, 0.5) is 13.2 Å². The highest BCUT2D eigenvalue weighted by Gasteiger charge is 2.39. The summed E-state index contributed by atoms with van der Waals surface area (Å²) in [6.45, 7) is 1.51. The Morgan fingerprint density at radius 3 is 2.31 bits per heavy atom. The topological polar surface area (TPSA) is 46.2 Å². The summed E-state index contributed by atoms with van der Waals surface area (Å²) in [4.78, 5) is 0. The molecular formula is C9H10BrClF3NO. The van der Waals surface area contributed by atoms with Gasteiger partial charge < -0.3 is 10.8 Å². The summed E-state index contributed by atoms with van der Waals surface area (Å²) in [5.74, 6) is -0.414. The largest absolute Gasteiger partial charge is 0.507 e. The molecule has 0 heterocycles. The van der Waals surface area contributed by atoms with Crippen molar-refractivity contribution in [2.24, 2.45) is 5.73 Å². The van der Waals surface area contributed by atoms with Gasteiger partial charge in [0.15, 0.2) is 0 Å². The normalized spacial score (nSPS) is 13.1. The maximum Gasteiger partial charge on any atom is 0.407 e. The minimum atomic E-state index is -4.56. The lowest BCUT2D eigenvalue weighted by molar-refractivity contribution is -0.149. The van der Waals surface area contributed by atoms with Crippen LogP contribution in [-0.4, -0.2) is 11.3 Å². The first-order valence-electron chi connectivity index (χ1n) is 4.04. The van der Waals surface area contributed by atoms with Crippen molar-refractivity contribution in [1.29, 1.82) is 0 Å². The maximum atomic E-state index is 12.3. The third-order valence-electron chi connectivity index (χ3n) is 1.98. The Morgan fingerprint density at radius 1 is 1.38 bits per heavy atom. The molecule has 0 radical (unpaired) electrons. The van der Waals surface area contributed by atoms with Crippen molar-refractivity contribution >= 4 is 28.3 Å². The van der Waals surface area contributed by atoms with Crippen LogP contribution in [0.25, 0.3) is 0 Å². The summed E-state index contributed by atoms with van der Waals surface area (Å²) >= 11 is 3.05. The molecule has 0 saturated carbocycles. The van der Waals surface area contributed by atoms with Crippen molar-refractivity contribution in [3.63, 3.8) is 0 Å². The van der Waals surface area contributed by atoms with E-state index >= 15 is 0 Å². The Kier molecular flexibility index (Phi) is 5.10. The number of phenolic OH excluding ortho intramolecular Hbond substituents is 1. The van der Waals surface area contributed by atoms with Crippen molar-refractivity contribution in [3.8, 4) is 5.75 Å². The van der Waals surface area contributed by atoms with Gasteiger partial charge in [-0.05, 0) is 24.6 Å². The van der Waals surface area contributed by atoms with Gasteiger partial charge in [-0.25, -0.2) is 0 Å². The molecule has 0 spiro atoms. The molecule has 0 amide bonds. The van der Waals surface area contributed by atoms with Crippen molar-refractivity contribution in [3.05, 3.63) is 27.7 Å². The average Bonchev–Trinajstić information content (AvgIpc) is 2.08. The van der Waals surface area contributed by atoms with Crippen LogP contribution in [0.1, 0.15) is 17.2 Å². The number of aromatic hydroxyl groups is 1. The number of benzene rings is 1. The smallest absolute Gasteiger partial charge is 0.407 e. The van der Waals surface area contributed by atoms with Gasteiger partial charge in [0.25, 0.3) is 0 Å². The fourth-order valence-electron chi connectivity index (χ4n) is 1.17. The number of halogens is 5. The van der Waals surface area contributed by atoms with Gasteiger partial charge in [-0.2, -0.15) is 13.2 Å². The first kappa shape index (κ1) is 15.5. The molecule has 1 rings (SSSR count). The molecule has 0 bridgehead atoms. The maximum absolute atomic E-state index is 12.3. The molecule has 0 fully saturated rings. The SMILES string of the molecule is Cc1cc(Br)cc([C@@H](N)C(F)(F)F)c1O.Cl. The van der Waals surface area contributed by atoms with Gasteiger partial charge in [0, 0.05) is 10.0 Å². The van der Waals surface area contributed by atoms with Crippen LogP contribution in [0.3, 0.4) is 0 Å². The second-order valence-corrected chi connectivity index (χ2v) is 4.10. The van der Waals surface area contributed by atoms with Gasteiger partial charge in [-0.15, -0.1) is 12.4 Å². The van der Waals surface area contributed by atoms with E-state index in [1.54, 1.807) is 0 Å². The van der Waals surface area contributed by atoms with Crippen molar-refractivity contribution in [2.45, 2.75) is 19.1 Å². The van der Waals surface area contributed by atoms with Gasteiger partial charge in [-0.3, -0.25) is 0 Å². The van der Waals surface area contributed by atoms with Crippen LogP contribution in [0, 0.1) is 6.92 Å². The summed E-state index contributed by atoms with van der Waals surface area (Å²) in [5, 5.41) is 9.45. The molecule has 0 aliphatic carbocycles. The lowest BCUT2D eigenvalue weighted by atomic mass is 10.0. The monoisotopic (exact) mass is 319 g/mol. The first-order valence-corrected chi connectivity index (χ1v) is 4.84. The van der Waals surface area contributed by atoms with E-state index in [1.165, 1.54) is 19.1 Å². The standard InChI is InChI=1S/C9H9BrF3NO.ClH/c1-4-2-5(10)3-6(7(4)15)8(14)9(11,12)13;/h2-3,8,15H,14H2,1H3;1H/t8-;/m1./s1. The molecule has 1 atom stereocenters. The fraction of sp³-hybridized carbons (Fsp3) is 0.333. The molecule has 16 heavy (non-hydrogen) atoms. The first-order chi connectivity index (χ1) is 6.73. The van der Waals surface area contributed by atoms with Crippen LogP contribution in [0.15, 0.2) is 16.6 Å². The highest BCUT2D eigenvalue weighted by atomic mass is 79.9. The number of nitrogens with two attached hydrogens (primary N) is 1. The molecule has 2 nitrogen and oxygen atoms in total. The van der Waals surface area contributed by atoms with Crippen molar-refractivity contribution < 1.29 is 18.3 Å². The number of hydrogen-bond donors (Lipinski definition) is 2. The summed E-state index contributed by atoms with van der Waals surface area (Å²) in [7, 11) is 0. The Hall–Kier alpha value is -0.460. The summed E-state index contributed by atoms with van der Waals surface area (Å²) in [6, 6.07) is 0.510. The van der Waals surface area contributed by atoms with E-state index in [0.717, 1.165) is 0 Å². The van der Waals surface area contributed by atoms with Crippen molar-refractivity contribution in [2.75, 3.05) is 0 Å². The molecule has 3 N–H and O–H groups in total. The van der Waals surface area contributed by atoms with Crippen LogP contribution >= 0.6 is 28.3 Å². The van der Waals surface area contributed by atoms with Gasteiger partial charge in [-0.1, -0.05) is 15.9 Å². The van der Waals surface area contributed by atoms with E-state index in [1.807, 2.05) is 0 Å². The number of phenols is 1. The van der Waals surface area contributed by atoms with E-state index < -0.39 is 18.0 Å². The third kappa shape index (κ3) is 3.26. The summed E-state index contributed by atoms with van der Waals surface area (Å²) in [5.41, 5.74) is 5.03. The van der Waals surface area contributed by atoms with Gasteiger partial charge in [0.2, 0.25) is 0 Å². The van der Waals surface area contributed by atoms with Gasteiger partial charge in [0.05, 0.1) is 0 Å². The predicted octanol–water partition coefficient (Wildman–Crippen LogP) is 3.45. The van der Waals surface area contributed by atoms with E-state index in [9.17, 15) is 18.3 Å². The van der Waals surface area contributed by atoms with E-state index in [0.29, 0.717) is 10.0 Å². The molecule has 1 aromatic carbocycles. The molecule has 1 aromatic rings. The Morgan fingerprint density at radius 2 is 1.88 bits per heavy atom. The second-order valence-electron chi connectivity index (χ2n) is 3.18. The zero-order chi connectivity index (χ0) is 11.8. The van der Waals surface area contributed by atoms with E-state index in [-0.39, 0.29) is 18.0 Å². The highest BCUT2D eigenvalue weighted by molar-refractivity contribution is 9.10. The quantitative estimate of drug-likeness (QED) is 0.832. The number of hydrogen-bond acceptors (Lipinski definition) is 2. The van der Waals surface area contributed by atoms with Crippen LogP contribution in [-0.2, 0) is 0 Å².